The molecular weight excluding hydrogens is 338 g/mol. The quantitative estimate of drug-likeness (QED) is 0.748. The first-order valence-electron chi connectivity index (χ1n) is 9.23. The standard InChI is InChI=1S/C21H23N5O/c1-14-4-6-15(7-5-14)18-12-24-25-20(18)17-3-2-10-26(13-17)21(27)16-8-9-23-19(22)11-16/h4-9,11-12,17H,2-3,10,13H2,1H3,(H2,22,23)(H,24,25)/t17-/m1/s1. The lowest BCUT2D eigenvalue weighted by Crippen LogP contribution is -2.39. The molecule has 1 atom stereocenters. The minimum atomic E-state index is 0.00482. The molecule has 138 valence electrons. The third-order valence-corrected chi connectivity index (χ3v) is 5.18. The molecule has 2 aromatic heterocycles. The lowest BCUT2D eigenvalue weighted by Gasteiger charge is -2.33. The minimum Gasteiger partial charge on any atom is -0.384 e. The van der Waals surface area contributed by atoms with Crippen LogP contribution in [-0.4, -0.2) is 39.1 Å². The van der Waals surface area contributed by atoms with Gasteiger partial charge < -0.3 is 10.6 Å². The van der Waals surface area contributed by atoms with Gasteiger partial charge in [-0.05, 0) is 37.5 Å². The maximum Gasteiger partial charge on any atom is 0.254 e. The lowest BCUT2D eigenvalue weighted by atomic mass is 9.90. The van der Waals surface area contributed by atoms with Gasteiger partial charge in [0.1, 0.15) is 5.82 Å². The molecule has 1 aromatic carbocycles. The van der Waals surface area contributed by atoms with Gasteiger partial charge in [0.25, 0.3) is 5.91 Å². The molecule has 1 amide bonds. The Morgan fingerprint density at radius 2 is 2.07 bits per heavy atom. The van der Waals surface area contributed by atoms with Crippen LogP contribution in [0.25, 0.3) is 11.1 Å². The zero-order valence-electron chi connectivity index (χ0n) is 15.4. The molecule has 4 rings (SSSR count). The van der Waals surface area contributed by atoms with Gasteiger partial charge in [-0.15, -0.1) is 0 Å². The van der Waals surface area contributed by atoms with E-state index in [2.05, 4.69) is 46.4 Å². The fourth-order valence-electron chi connectivity index (χ4n) is 3.73. The normalized spacial score (nSPS) is 17.1. The first kappa shape index (κ1) is 17.3. The van der Waals surface area contributed by atoms with Gasteiger partial charge in [0.15, 0.2) is 0 Å². The van der Waals surface area contributed by atoms with Crippen LogP contribution in [0.15, 0.2) is 48.8 Å². The van der Waals surface area contributed by atoms with Crippen molar-refractivity contribution in [3.05, 3.63) is 65.6 Å². The van der Waals surface area contributed by atoms with Crippen molar-refractivity contribution in [3.8, 4) is 11.1 Å². The van der Waals surface area contributed by atoms with E-state index in [9.17, 15) is 4.79 Å². The Morgan fingerprint density at radius 1 is 1.26 bits per heavy atom. The third-order valence-electron chi connectivity index (χ3n) is 5.18. The summed E-state index contributed by atoms with van der Waals surface area (Å²) in [5.41, 5.74) is 10.9. The smallest absolute Gasteiger partial charge is 0.254 e. The number of nitrogens with two attached hydrogens (primary N) is 1. The van der Waals surface area contributed by atoms with Crippen molar-refractivity contribution >= 4 is 11.7 Å². The average molecular weight is 361 g/mol. The summed E-state index contributed by atoms with van der Waals surface area (Å²) in [5.74, 6) is 0.607. The van der Waals surface area contributed by atoms with E-state index in [0.29, 0.717) is 17.9 Å². The van der Waals surface area contributed by atoms with E-state index in [4.69, 9.17) is 5.73 Å². The zero-order chi connectivity index (χ0) is 18.8. The molecule has 27 heavy (non-hydrogen) atoms. The molecule has 0 saturated carbocycles. The molecular formula is C21H23N5O. The SMILES string of the molecule is Cc1ccc(-c2cn[nH]c2[C@@H]2CCCN(C(=O)c3ccnc(N)c3)C2)cc1. The number of likely N-dealkylation sites (tertiary alicyclic amines) is 1. The Morgan fingerprint density at radius 3 is 2.85 bits per heavy atom. The molecule has 3 heterocycles. The largest absolute Gasteiger partial charge is 0.384 e. The molecule has 6 nitrogen and oxygen atoms in total. The number of nitrogens with zero attached hydrogens (tertiary/aromatic N) is 3. The molecule has 0 spiro atoms. The average Bonchev–Trinajstić information content (AvgIpc) is 3.18. The summed E-state index contributed by atoms with van der Waals surface area (Å²) in [5, 5.41) is 7.46. The van der Waals surface area contributed by atoms with E-state index in [1.807, 2.05) is 11.1 Å². The third kappa shape index (κ3) is 3.56. The highest BCUT2D eigenvalue weighted by Crippen LogP contribution is 2.33. The summed E-state index contributed by atoms with van der Waals surface area (Å²) in [7, 11) is 0. The maximum absolute atomic E-state index is 12.9. The Bertz CT molecular complexity index is 947. The molecule has 3 N–H and O–H groups in total. The summed E-state index contributed by atoms with van der Waals surface area (Å²) in [4.78, 5) is 18.7. The molecule has 0 unspecified atom stereocenters. The lowest BCUT2D eigenvalue weighted by molar-refractivity contribution is 0.0706. The van der Waals surface area contributed by atoms with Gasteiger partial charge in [0.2, 0.25) is 0 Å². The van der Waals surface area contributed by atoms with Crippen LogP contribution in [-0.2, 0) is 0 Å². The number of anilines is 1. The van der Waals surface area contributed by atoms with Gasteiger partial charge in [0, 0.05) is 42.0 Å². The second kappa shape index (κ2) is 7.23. The molecule has 1 aliphatic rings. The van der Waals surface area contributed by atoms with Crippen molar-refractivity contribution in [2.24, 2.45) is 0 Å². The van der Waals surface area contributed by atoms with Crippen LogP contribution in [0.5, 0.6) is 0 Å². The van der Waals surface area contributed by atoms with E-state index in [1.54, 1.807) is 18.3 Å². The summed E-state index contributed by atoms with van der Waals surface area (Å²) < 4.78 is 0. The number of carbonyl (C=O) groups is 1. The number of carbonyl (C=O) groups excluding carboxylic acids is 1. The number of rotatable bonds is 3. The van der Waals surface area contributed by atoms with Gasteiger partial charge in [-0.2, -0.15) is 5.10 Å². The van der Waals surface area contributed by atoms with Gasteiger partial charge in [-0.1, -0.05) is 29.8 Å². The number of aryl methyl sites for hydroxylation is 1. The molecule has 3 aromatic rings. The van der Waals surface area contributed by atoms with Crippen LogP contribution in [0, 0.1) is 6.92 Å². The maximum atomic E-state index is 12.9. The second-order valence-electron chi connectivity index (χ2n) is 7.12. The Kier molecular flexibility index (Phi) is 4.62. The predicted molar refractivity (Wildman–Crippen MR) is 105 cm³/mol. The number of aromatic amines is 1. The molecule has 0 aliphatic carbocycles. The van der Waals surface area contributed by atoms with Crippen LogP contribution in [0.4, 0.5) is 5.82 Å². The molecule has 1 aliphatic heterocycles. The van der Waals surface area contributed by atoms with Crippen molar-refractivity contribution in [2.75, 3.05) is 18.8 Å². The van der Waals surface area contributed by atoms with E-state index in [-0.39, 0.29) is 11.8 Å². The minimum absolute atomic E-state index is 0.00482. The van der Waals surface area contributed by atoms with Crippen LogP contribution in [0.1, 0.15) is 40.4 Å². The van der Waals surface area contributed by atoms with E-state index in [1.165, 1.54) is 5.56 Å². The molecule has 1 saturated heterocycles. The number of hydrogen-bond acceptors (Lipinski definition) is 4. The van der Waals surface area contributed by atoms with Gasteiger partial charge in [0.05, 0.1) is 6.20 Å². The van der Waals surface area contributed by atoms with Crippen LogP contribution < -0.4 is 5.73 Å². The number of pyridine rings is 1. The van der Waals surface area contributed by atoms with E-state index in [0.717, 1.165) is 36.2 Å². The Labute approximate surface area is 158 Å². The highest BCUT2D eigenvalue weighted by atomic mass is 16.2. The summed E-state index contributed by atoms with van der Waals surface area (Å²) >= 11 is 0. The van der Waals surface area contributed by atoms with Crippen molar-refractivity contribution in [1.29, 1.82) is 0 Å². The van der Waals surface area contributed by atoms with Crippen molar-refractivity contribution in [1.82, 2.24) is 20.1 Å². The van der Waals surface area contributed by atoms with Crippen molar-refractivity contribution in [3.63, 3.8) is 0 Å². The molecule has 1 fully saturated rings. The fourth-order valence-corrected chi connectivity index (χ4v) is 3.73. The van der Waals surface area contributed by atoms with E-state index >= 15 is 0 Å². The van der Waals surface area contributed by atoms with Crippen LogP contribution in [0.3, 0.4) is 0 Å². The van der Waals surface area contributed by atoms with Gasteiger partial charge >= 0.3 is 0 Å². The number of hydrogen-bond donors (Lipinski definition) is 2. The highest BCUT2D eigenvalue weighted by molar-refractivity contribution is 5.94. The number of piperidine rings is 1. The number of nitrogens with one attached hydrogen (secondary N) is 1. The zero-order valence-corrected chi connectivity index (χ0v) is 15.4. The Balaban J connectivity index is 1.56. The van der Waals surface area contributed by atoms with Crippen molar-refractivity contribution < 1.29 is 4.79 Å². The summed E-state index contributed by atoms with van der Waals surface area (Å²) in [6.45, 7) is 3.50. The number of aromatic nitrogens is 3. The number of benzene rings is 1. The molecule has 0 bridgehead atoms. The van der Waals surface area contributed by atoms with Crippen molar-refractivity contribution in [2.45, 2.75) is 25.7 Å². The predicted octanol–water partition coefficient (Wildman–Crippen LogP) is 3.38. The molecule has 0 radical (unpaired) electrons. The topological polar surface area (TPSA) is 87.9 Å². The number of nitrogen functional groups attached to an aromatic ring is 1. The second-order valence-corrected chi connectivity index (χ2v) is 7.12. The summed E-state index contributed by atoms with van der Waals surface area (Å²) in [6.07, 6.45) is 5.45. The van der Waals surface area contributed by atoms with Crippen LogP contribution >= 0.6 is 0 Å². The first-order valence-corrected chi connectivity index (χ1v) is 9.23. The van der Waals surface area contributed by atoms with Crippen LogP contribution in [0.2, 0.25) is 0 Å². The highest BCUT2D eigenvalue weighted by Gasteiger charge is 2.28. The Hall–Kier alpha value is -3.15. The van der Waals surface area contributed by atoms with Gasteiger partial charge in [-0.3, -0.25) is 9.89 Å². The van der Waals surface area contributed by atoms with Gasteiger partial charge in [-0.25, -0.2) is 4.98 Å². The first-order chi connectivity index (χ1) is 13.1. The number of H-pyrrole nitrogens is 1. The molecule has 6 heteroatoms. The fraction of sp³-hybridized carbons (Fsp3) is 0.286. The van der Waals surface area contributed by atoms with E-state index < -0.39 is 0 Å². The monoisotopic (exact) mass is 361 g/mol. The number of amides is 1. The summed E-state index contributed by atoms with van der Waals surface area (Å²) in [6, 6.07) is 11.8.